The first kappa shape index (κ1) is 12.6. The molecule has 3 aromatic rings. The average molecular weight is 264 g/mol. The van der Waals surface area contributed by atoms with Gasteiger partial charge in [-0.2, -0.15) is 0 Å². The van der Waals surface area contributed by atoms with Crippen LogP contribution in [0.4, 0.5) is 0 Å². The van der Waals surface area contributed by atoms with Crippen molar-refractivity contribution in [1.82, 2.24) is 9.78 Å². The number of para-hydroxylation sites is 1. The molecular formula is C17H18N3+. The molecule has 0 atom stereocenters. The summed E-state index contributed by atoms with van der Waals surface area (Å²) in [7, 11) is 0. The lowest BCUT2D eigenvalue weighted by Crippen LogP contribution is -2.36. The third-order valence-electron chi connectivity index (χ3n) is 3.50. The fourth-order valence-corrected chi connectivity index (χ4v) is 2.48. The lowest BCUT2D eigenvalue weighted by molar-refractivity contribution is -0.689. The summed E-state index contributed by atoms with van der Waals surface area (Å²) in [6.45, 7) is 5.16. The summed E-state index contributed by atoms with van der Waals surface area (Å²) in [5, 5.41) is 4.80. The second-order valence-electron chi connectivity index (χ2n) is 4.73. The number of rotatable bonds is 3. The van der Waals surface area contributed by atoms with Crippen LogP contribution < -0.4 is 4.57 Å². The maximum atomic E-state index is 4.80. The van der Waals surface area contributed by atoms with Gasteiger partial charge in [0.05, 0.1) is 17.2 Å². The van der Waals surface area contributed by atoms with Crippen molar-refractivity contribution in [2.24, 2.45) is 0 Å². The SMILES string of the molecule is CC[n+]1c(-c2ccccc2)nn(-c2ccccc2)c1C. The average Bonchev–Trinajstić information content (AvgIpc) is 2.86. The molecule has 100 valence electrons. The summed E-state index contributed by atoms with van der Waals surface area (Å²) in [5.41, 5.74) is 2.24. The van der Waals surface area contributed by atoms with Gasteiger partial charge in [-0.1, -0.05) is 41.1 Å². The van der Waals surface area contributed by atoms with E-state index >= 15 is 0 Å². The lowest BCUT2D eigenvalue weighted by Gasteiger charge is -1.98. The molecule has 3 heteroatoms. The number of aromatic nitrogens is 3. The van der Waals surface area contributed by atoms with Crippen LogP contribution in [0.5, 0.6) is 0 Å². The van der Waals surface area contributed by atoms with Gasteiger partial charge in [0.25, 0.3) is 0 Å². The van der Waals surface area contributed by atoms with Gasteiger partial charge in [0, 0.05) is 6.92 Å². The first-order valence-corrected chi connectivity index (χ1v) is 6.91. The van der Waals surface area contributed by atoms with Gasteiger partial charge < -0.3 is 0 Å². The highest BCUT2D eigenvalue weighted by molar-refractivity contribution is 5.51. The first-order valence-electron chi connectivity index (χ1n) is 6.91. The smallest absolute Gasteiger partial charge is 0.228 e. The van der Waals surface area contributed by atoms with Gasteiger partial charge >= 0.3 is 5.82 Å². The normalized spacial score (nSPS) is 10.7. The Kier molecular flexibility index (Phi) is 3.33. The predicted octanol–water partition coefficient (Wildman–Crippen LogP) is 3.16. The van der Waals surface area contributed by atoms with E-state index in [0.717, 1.165) is 29.4 Å². The van der Waals surface area contributed by atoms with Gasteiger partial charge in [-0.25, -0.2) is 4.57 Å². The summed E-state index contributed by atoms with van der Waals surface area (Å²) in [6.07, 6.45) is 0. The maximum Gasteiger partial charge on any atom is 0.309 e. The third kappa shape index (κ3) is 2.11. The number of hydrogen-bond donors (Lipinski definition) is 0. The van der Waals surface area contributed by atoms with Gasteiger partial charge in [0.1, 0.15) is 5.69 Å². The number of benzene rings is 2. The van der Waals surface area contributed by atoms with Gasteiger partial charge in [0.15, 0.2) is 0 Å². The highest BCUT2D eigenvalue weighted by atomic mass is 15.4. The standard InChI is InChI=1S/C17H18N3/c1-3-19-14(2)20(16-12-8-5-9-13-16)18-17(19)15-10-6-4-7-11-15/h4-13H,3H2,1-2H3/q+1. The molecule has 3 nitrogen and oxygen atoms in total. The molecule has 0 spiro atoms. The molecule has 0 aliphatic heterocycles. The van der Waals surface area contributed by atoms with Crippen molar-refractivity contribution >= 4 is 0 Å². The number of nitrogens with zero attached hydrogens (tertiary/aromatic N) is 3. The molecule has 0 aliphatic carbocycles. The Morgan fingerprint density at radius 2 is 1.55 bits per heavy atom. The van der Waals surface area contributed by atoms with E-state index in [-0.39, 0.29) is 0 Å². The summed E-state index contributed by atoms with van der Waals surface area (Å²) >= 11 is 0. The molecule has 0 unspecified atom stereocenters. The molecule has 20 heavy (non-hydrogen) atoms. The molecule has 0 saturated heterocycles. The molecule has 0 amide bonds. The third-order valence-corrected chi connectivity index (χ3v) is 3.50. The molecule has 0 aliphatic rings. The molecule has 2 aromatic carbocycles. The molecule has 1 heterocycles. The molecule has 0 bridgehead atoms. The lowest BCUT2D eigenvalue weighted by atomic mass is 10.2. The molecule has 3 rings (SSSR count). The van der Waals surface area contributed by atoms with Crippen LogP contribution >= 0.6 is 0 Å². The zero-order chi connectivity index (χ0) is 13.9. The van der Waals surface area contributed by atoms with Crippen LogP contribution in [0.25, 0.3) is 17.1 Å². The monoisotopic (exact) mass is 264 g/mol. The van der Waals surface area contributed by atoms with E-state index in [0.29, 0.717) is 0 Å². The Morgan fingerprint density at radius 3 is 2.15 bits per heavy atom. The quantitative estimate of drug-likeness (QED) is 0.666. The molecule has 0 saturated carbocycles. The Balaban J connectivity index is 2.18. The first-order chi connectivity index (χ1) is 9.81. The molecular weight excluding hydrogens is 246 g/mol. The topological polar surface area (TPSA) is 21.7 Å². The fraction of sp³-hybridized carbons (Fsp3) is 0.176. The summed E-state index contributed by atoms with van der Waals surface area (Å²) < 4.78 is 4.24. The molecule has 0 radical (unpaired) electrons. The van der Waals surface area contributed by atoms with E-state index in [1.807, 2.05) is 41.1 Å². The molecule has 0 N–H and O–H groups in total. The summed E-state index contributed by atoms with van der Waals surface area (Å²) in [6, 6.07) is 20.6. The van der Waals surface area contributed by atoms with Crippen LogP contribution in [0, 0.1) is 6.92 Å². The van der Waals surface area contributed by atoms with Gasteiger partial charge in [-0.05, 0) is 31.2 Å². The van der Waals surface area contributed by atoms with Crippen molar-refractivity contribution in [2.45, 2.75) is 20.4 Å². The van der Waals surface area contributed by atoms with Gasteiger partial charge in [-0.15, -0.1) is 0 Å². The minimum atomic E-state index is 0.906. The van der Waals surface area contributed by atoms with Crippen molar-refractivity contribution < 1.29 is 4.57 Å². The van der Waals surface area contributed by atoms with Crippen molar-refractivity contribution in [3.63, 3.8) is 0 Å². The summed E-state index contributed by atoms with van der Waals surface area (Å²) in [4.78, 5) is 0. The molecule has 1 aromatic heterocycles. The minimum absolute atomic E-state index is 0.906. The van der Waals surface area contributed by atoms with Crippen molar-refractivity contribution in [1.29, 1.82) is 0 Å². The van der Waals surface area contributed by atoms with Crippen LogP contribution in [0.15, 0.2) is 60.7 Å². The van der Waals surface area contributed by atoms with E-state index in [9.17, 15) is 0 Å². The van der Waals surface area contributed by atoms with Crippen LogP contribution in [0.1, 0.15) is 12.7 Å². The van der Waals surface area contributed by atoms with Gasteiger partial charge in [0.2, 0.25) is 5.82 Å². The number of hydrogen-bond acceptors (Lipinski definition) is 1. The fourth-order valence-electron chi connectivity index (χ4n) is 2.48. The Morgan fingerprint density at radius 1 is 0.950 bits per heavy atom. The molecule has 0 fully saturated rings. The highest BCUT2D eigenvalue weighted by Crippen LogP contribution is 2.16. The predicted molar refractivity (Wildman–Crippen MR) is 79.6 cm³/mol. The van der Waals surface area contributed by atoms with Crippen LogP contribution in [-0.4, -0.2) is 9.78 Å². The van der Waals surface area contributed by atoms with E-state index < -0.39 is 0 Å². The highest BCUT2D eigenvalue weighted by Gasteiger charge is 2.23. The zero-order valence-electron chi connectivity index (χ0n) is 11.8. The van der Waals surface area contributed by atoms with E-state index in [1.165, 1.54) is 0 Å². The van der Waals surface area contributed by atoms with Crippen molar-refractivity contribution in [2.75, 3.05) is 0 Å². The van der Waals surface area contributed by atoms with Crippen molar-refractivity contribution in [3.8, 4) is 17.1 Å². The Hall–Kier alpha value is -2.42. The van der Waals surface area contributed by atoms with E-state index in [4.69, 9.17) is 5.10 Å². The second-order valence-corrected chi connectivity index (χ2v) is 4.73. The van der Waals surface area contributed by atoms with Crippen LogP contribution in [-0.2, 0) is 6.54 Å². The largest absolute Gasteiger partial charge is 0.309 e. The zero-order valence-corrected chi connectivity index (χ0v) is 11.8. The maximum absolute atomic E-state index is 4.80. The van der Waals surface area contributed by atoms with E-state index in [2.05, 4.69) is 42.7 Å². The minimum Gasteiger partial charge on any atom is -0.228 e. The second kappa shape index (κ2) is 5.29. The van der Waals surface area contributed by atoms with Gasteiger partial charge in [-0.3, -0.25) is 0 Å². The van der Waals surface area contributed by atoms with Crippen LogP contribution in [0.2, 0.25) is 0 Å². The van der Waals surface area contributed by atoms with E-state index in [1.54, 1.807) is 0 Å². The Bertz CT molecular complexity index is 700. The van der Waals surface area contributed by atoms with Crippen LogP contribution in [0.3, 0.4) is 0 Å². The Labute approximate surface area is 119 Å². The van der Waals surface area contributed by atoms with Crippen molar-refractivity contribution in [3.05, 3.63) is 66.5 Å². The summed E-state index contributed by atoms with van der Waals surface area (Å²) in [5.74, 6) is 2.15.